The fraction of sp³-hybridized carbons (Fsp3) is 0.240. The Balaban J connectivity index is 1.83. The number of hydrogen-bond acceptors (Lipinski definition) is 3. The molecule has 0 spiro atoms. The van der Waals surface area contributed by atoms with Crippen LogP contribution < -0.4 is 10.1 Å². The van der Waals surface area contributed by atoms with Gasteiger partial charge in [0.05, 0.1) is 18.5 Å². The maximum atomic E-state index is 5.60. The molecule has 2 heterocycles. The van der Waals surface area contributed by atoms with Gasteiger partial charge < -0.3 is 14.5 Å². The highest BCUT2D eigenvalue weighted by molar-refractivity contribution is 5.79. The fourth-order valence-corrected chi connectivity index (χ4v) is 3.84. The van der Waals surface area contributed by atoms with E-state index in [0.717, 1.165) is 46.1 Å². The molecule has 0 bridgehead atoms. The van der Waals surface area contributed by atoms with Crippen molar-refractivity contribution in [1.29, 1.82) is 0 Å². The quantitative estimate of drug-likeness (QED) is 0.468. The molecule has 4 aromatic rings. The second-order valence-electron chi connectivity index (χ2n) is 7.54. The number of fused-ring (bicyclic) bond motifs is 1. The second kappa shape index (κ2) is 7.63. The van der Waals surface area contributed by atoms with Crippen molar-refractivity contribution in [2.24, 2.45) is 0 Å². The summed E-state index contributed by atoms with van der Waals surface area (Å²) >= 11 is 0. The van der Waals surface area contributed by atoms with E-state index < -0.39 is 0 Å². The molecule has 0 amide bonds. The van der Waals surface area contributed by atoms with Crippen molar-refractivity contribution < 1.29 is 4.74 Å². The Hall–Kier alpha value is -3.27. The zero-order valence-corrected chi connectivity index (χ0v) is 17.7. The van der Waals surface area contributed by atoms with Gasteiger partial charge in [-0.05, 0) is 56.5 Å². The van der Waals surface area contributed by atoms with Crippen molar-refractivity contribution in [3.63, 3.8) is 0 Å². The van der Waals surface area contributed by atoms with Crippen LogP contribution in [0.3, 0.4) is 0 Å². The number of nitrogens with zero attached hydrogens (tertiary/aromatic N) is 2. The molecular formula is C25H27N3O. The van der Waals surface area contributed by atoms with Gasteiger partial charge in [-0.2, -0.15) is 0 Å². The van der Waals surface area contributed by atoms with Crippen LogP contribution in [0, 0.1) is 27.7 Å². The largest absolute Gasteiger partial charge is 0.496 e. The van der Waals surface area contributed by atoms with Crippen molar-refractivity contribution in [3.05, 3.63) is 82.8 Å². The molecule has 2 aromatic carbocycles. The molecule has 148 valence electrons. The lowest BCUT2D eigenvalue weighted by molar-refractivity contribution is 0.416. The highest BCUT2D eigenvalue weighted by Gasteiger charge is 2.14. The summed E-state index contributed by atoms with van der Waals surface area (Å²) in [6.45, 7) is 9.24. The number of rotatable bonds is 5. The van der Waals surface area contributed by atoms with Gasteiger partial charge in [0, 0.05) is 29.6 Å². The Morgan fingerprint density at radius 1 is 0.966 bits per heavy atom. The van der Waals surface area contributed by atoms with E-state index in [1.54, 1.807) is 7.11 Å². The SMILES string of the molecule is COc1ccccc1-c1cc(NCc2c(C)cccc2C)c2nc(C)c(C)n2c1. The van der Waals surface area contributed by atoms with E-state index >= 15 is 0 Å². The predicted molar refractivity (Wildman–Crippen MR) is 120 cm³/mol. The summed E-state index contributed by atoms with van der Waals surface area (Å²) in [5, 5.41) is 3.65. The second-order valence-corrected chi connectivity index (χ2v) is 7.54. The predicted octanol–water partition coefficient (Wildman–Crippen LogP) is 5.86. The van der Waals surface area contributed by atoms with Crippen molar-refractivity contribution in [2.45, 2.75) is 34.2 Å². The van der Waals surface area contributed by atoms with E-state index in [0.29, 0.717) is 0 Å². The first kappa shape index (κ1) is 19.1. The first-order valence-corrected chi connectivity index (χ1v) is 9.91. The lowest BCUT2D eigenvalue weighted by Crippen LogP contribution is -2.05. The molecular weight excluding hydrogens is 358 g/mol. The summed E-state index contributed by atoms with van der Waals surface area (Å²) in [7, 11) is 1.71. The van der Waals surface area contributed by atoms with Crippen LogP contribution in [-0.4, -0.2) is 16.5 Å². The first-order chi connectivity index (χ1) is 14.0. The Morgan fingerprint density at radius 2 is 1.69 bits per heavy atom. The molecule has 0 atom stereocenters. The van der Waals surface area contributed by atoms with Gasteiger partial charge in [-0.15, -0.1) is 0 Å². The van der Waals surface area contributed by atoms with Crippen molar-refractivity contribution in [3.8, 4) is 16.9 Å². The molecule has 4 rings (SSSR count). The number of aryl methyl sites for hydroxylation is 4. The smallest absolute Gasteiger partial charge is 0.160 e. The summed E-state index contributed by atoms with van der Waals surface area (Å²) in [5.41, 5.74) is 10.2. The fourth-order valence-electron chi connectivity index (χ4n) is 3.84. The molecule has 0 aliphatic heterocycles. The number of anilines is 1. The number of ether oxygens (including phenoxy) is 1. The molecule has 4 nitrogen and oxygen atoms in total. The topological polar surface area (TPSA) is 38.6 Å². The van der Waals surface area contributed by atoms with E-state index in [1.807, 2.05) is 18.2 Å². The lowest BCUT2D eigenvalue weighted by atomic mass is 10.0. The zero-order chi connectivity index (χ0) is 20.5. The van der Waals surface area contributed by atoms with Gasteiger partial charge in [0.25, 0.3) is 0 Å². The van der Waals surface area contributed by atoms with E-state index in [4.69, 9.17) is 9.72 Å². The average Bonchev–Trinajstić information content (AvgIpc) is 3.01. The highest BCUT2D eigenvalue weighted by Crippen LogP contribution is 2.33. The normalized spacial score (nSPS) is 11.1. The molecule has 29 heavy (non-hydrogen) atoms. The highest BCUT2D eigenvalue weighted by atomic mass is 16.5. The minimum absolute atomic E-state index is 0.758. The summed E-state index contributed by atoms with van der Waals surface area (Å²) in [6.07, 6.45) is 2.15. The third-order valence-corrected chi connectivity index (χ3v) is 5.71. The van der Waals surface area contributed by atoms with E-state index in [9.17, 15) is 0 Å². The molecule has 0 saturated heterocycles. The Bertz CT molecular complexity index is 1170. The minimum Gasteiger partial charge on any atom is -0.496 e. The number of hydrogen-bond donors (Lipinski definition) is 1. The number of aromatic nitrogens is 2. The van der Waals surface area contributed by atoms with Crippen molar-refractivity contribution >= 4 is 11.3 Å². The van der Waals surface area contributed by atoms with Crippen LogP contribution in [0.25, 0.3) is 16.8 Å². The summed E-state index contributed by atoms with van der Waals surface area (Å²) in [5.74, 6) is 0.863. The molecule has 1 N–H and O–H groups in total. The number of pyridine rings is 1. The summed E-state index contributed by atoms with van der Waals surface area (Å²) in [4.78, 5) is 4.82. The van der Waals surface area contributed by atoms with Gasteiger partial charge in [0.2, 0.25) is 0 Å². The number of methoxy groups -OCH3 is 1. The maximum Gasteiger partial charge on any atom is 0.160 e. The third kappa shape index (κ3) is 3.46. The lowest BCUT2D eigenvalue weighted by Gasteiger charge is -2.15. The average molecular weight is 386 g/mol. The summed E-state index contributed by atoms with van der Waals surface area (Å²) < 4.78 is 7.77. The molecule has 2 aromatic heterocycles. The van der Waals surface area contributed by atoms with Gasteiger partial charge >= 0.3 is 0 Å². The monoisotopic (exact) mass is 385 g/mol. The van der Waals surface area contributed by atoms with Gasteiger partial charge in [-0.25, -0.2) is 4.98 Å². The number of imidazole rings is 1. The van der Waals surface area contributed by atoms with Crippen LogP contribution in [0.2, 0.25) is 0 Å². The molecule has 0 unspecified atom stereocenters. The minimum atomic E-state index is 0.758. The van der Waals surface area contributed by atoms with Crippen molar-refractivity contribution in [2.75, 3.05) is 12.4 Å². The standard InChI is InChI=1S/C25H27N3O/c1-16-9-8-10-17(2)22(16)14-26-23-13-20(21-11-6-7-12-24(21)29-5)15-28-19(4)18(3)27-25(23)28/h6-13,15,26H,14H2,1-5H3. The van der Waals surface area contributed by atoms with Crippen LogP contribution in [0.15, 0.2) is 54.7 Å². The molecule has 4 heteroatoms. The van der Waals surface area contributed by atoms with E-state index in [1.165, 1.54) is 16.7 Å². The Labute approximate surface area is 172 Å². The number of benzene rings is 2. The van der Waals surface area contributed by atoms with Crippen LogP contribution >= 0.6 is 0 Å². The molecule has 0 saturated carbocycles. The van der Waals surface area contributed by atoms with E-state index in [-0.39, 0.29) is 0 Å². The van der Waals surface area contributed by atoms with Gasteiger partial charge in [0.15, 0.2) is 5.65 Å². The third-order valence-electron chi connectivity index (χ3n) is 5.71. The maximum absolute atomic E-state index is 5.60. The Morgan fingerprint density at radius 3 is 2.41 bits per heavy atom. The van der Waals surface area contributed by atoms with Gasteiger partial charge in [-0.1, -0.05) is 36.4 Å². The Kier molecular flexibility index (Phi) is 5.01. The molecule has 0 radical (unpaired) electrons. The van der Waals surface area contributed by atoms with Crippen LogP contribution in [0.1, 0.15) is 28.1 Å². The van der Waals surface area contributed by atoms with Crippen molar-refractivity contribution in [1.82, 2.24) is 9.38 Å². The number of para-hydroxylation sites is 1. The first-order valence-electron chi connectivity index (χ1n) is 9.91. The molecule has 0 aliphatic rings. The molecule has 0 aliphatic carbocycles. The number of nitrogens with one attached hydrogen (secondary N) is 1. The van der Waals surface area contributed by atoms with Crippen LogP contribution in [0.5, 0.6) is 5.75 Å². The zero-order valence-electron chi connectivity index (χ0n) is 17.7. The van der Waals surface area contributed by atoms with Crippen LogP contribution in [-0.2, 0) is 6.54 Å². The van der Waals surface area contributed by atoms with Gasteiger partial charge in [0.1, 0.15) is 5.75 Å². The molecule has 0 fully saturated rings. The van der Waals surface area contributed by atoms with E-state index in [2.05, 4.69) is 73.9 Å². The van der Waals surface area contributed by atoms with Crippen LogP contribution in [0.4, 0.5) is 5.69 Å². The van der Waals surface area contributed by atoms with Gasteiger partial charge in [-0.3, -0.25) is 0 Å². The summed E-state index contributed by atoms with van der Waals surface area (Å²) in [6, 6.07) is 16.7.